The van der Waals surface area contributed by atoms with Crippen molar-refractivity contribution in [3.05, 3.63) is 48.0 Å². The van der Waals surface area contributed by atoms with E-state index in [1.54, 1.807) is 18.2 Å². The van der Waals surface area contributed by atoms with E-state index in [1.807, 2.05) is 30.0 Å². The van der Waals surface area contributed by atoms with Crippen LogP contribution in [-0.4, -0.2) is 46.5 Å². The second-order valence-corrected chi connectivity index (χ2v) is 10.4. The maximum absolute atomic E-state index is 13.4. The maximum atomic E-state index is 13.4. The largest absolute Gasteiger partial charge is 0.309 e. The Morgan fingerprint density at radius 3 is 2.83 bits per heavy atom. The topological polar surface area (TPSA) is 83.5 Å². The number of hydrogen-bond donors (Lipinski definition) is 0. The fourth-order valence-corrected chi connectivity index (χ4v) is 6.87. The number of hydrogen-bond acceptors (Lipinski definition) is 6. The standard InChI is InChI=1S/C21H22N4O3S2/c1-14-12-15-6-2-3-9-18(15)25(14)21(26)16-7-5-11-24(13-16)30(27,28)19-10-4-8-17-20(19)23-29-22-17/h2-4,6,8-10,14,16H,5,7,11-13H2,1H3/t14-,16+/m1/s1. The number of fused-ring (bicyclic) bond motifs is 2. The van der Waals surface area contributed by atoms with Crippen LogP contribution in [0.1, 0.15) is 25.3 Å². The zero-order valence-electron chi connectivity index (χ0n) is 16.6. The molecule has 30 heavy (non-hydrogen) atoms. The summed E-state index contributed by atoms with van der Waals surface area (Å²) in [7, 11) is -3.76. The predicted octanol–water partition coefficient (Wildman–Crippen LogP) is 3.07. The second kappa shape index (κ2) is 7.40. The van der Waals surface area contributed by atoms with E-state index in [2.05, 4.69) is 14.8 Å². The van der Waals surface area contributed by atoms with Crippen LogP contribution in [0.25, 0.3) is 11.0 Å². The molecule has 0 saturated carbocycles. The molecule has 9 heteroatoms. The Hall–Kier alpha value is -2.36. The van der Waals surface area contributed by atoms with Gasteiger partial charge in [-0.1, -0.05) is 24.3 Å². The summed E-state index contributed by atoms with van der Waals surface area (Å²) in [4.78, 5) is 15.5. The molecule has 0 radical (unpaired) electrons. The number of carbonyl (C=O) groups is 1. The van der Waals surface area contributed by atoms with Gasteiger partial charge in [0.25, 0.3) is 0 Å². The number of benzene rings is 2. The molecule has 2 aromatic carbocycles. The summed E-state index contributed by atoms with van der Waals surface area (Å²) in [5, 5.41) is 0. The Kier molecular flexibility index (Phi) is 4.83. The van der Waals surface area contributed by atoms with E-state index >= 15 is 0 Å². The number of piperidine rings is 1. The molecule has 7 nitrogen and oxygen atoms in total. The molecule has 0 bridgehead atoms. The van der Waals surface area contributed by atoms with Crippen LogP contribution in [0.3, 0.4) is 0 Å². The molecular weight excluding hydrogens is 420 g/mol. The van der Waals surface area contributed by atoms with Crippen LogP contribution in [0.4, 0.5) is 5.69 Å². The third kappa shape index (κ3) is 3.12. The van der Waals surface area contributed by atoms with Gasteiger partial charge >= 0.3 is 0 Å². The number of anilines is 1. The SMILES string of the molecule is C[C@@H]1Cc2ccccc2N1C(=O)[C@H]1CCCN(S(=O)(=O)c2cccc3nsnc23)C1. The molecule has 156 valence electrons. The van der Waals surface area contributed by atoms with Gasteiger partial charge < -0.3 is 4.90 Å². The van der Waals surface area contributed by atoms with E-state index in [9.17, 15) is 13.2 Å². The third-order valence-corrected chi connectivity index (χ3v) is 8.48. The summed E-state index contributed by atoms with van der Waals surface area (Å²) in [6, 6.07) is 13.1. The minimum Gasteiger partial charge on any atom is -0.309 e. The molecule has 2 aliphatic heterocycles. The van der Waals surface area contributed by atoms with E-state index in [0.717, 1.165) is 23.8 Å². The Morgan fingerprint density at radius 1 is 1.13 bits per heavy atom. The fourth-order valence-electron chi connectivity index (χ4n) is 4.59. The van der Waals surface area contributed by atoms with E-state index in [1.165, 1.54) is 9.87 Å². The highest BCUT2D eigenvalue weighted by Crippen LogP contribution is 2.35. The molecule has 0 unspecified atom stereocenters. The number of sulfonamides is 1. The average Bonchev–Trinajstić information content (AvgIpc) is 3.36. The van der Waals surface area contributed by atoms with Gasteiger partial charge in [0.1, 0.15) is 15.9 Å². The molecule has 1 amide bonds. The number of amides is 1. The van der Waals surface area contributed by atoms with Crippen LogP contribution in [0, 0.1) is 5.92 Å². The first-order valence-corrected chi connectivity index (χ1v) is 12.3. The van der Waals surface area contributed by atoms with Crippen molar-refractivity contribution in [2.75, 3.05) is 18.0 Å². The first kappa shape index (κ1) is 19.6. The summed E-state index contributed by atoms with van der Waals surface area (Å²) < 4.78 is 36.6. The number of nitrogens with zero attached hydrogens (tertiary/aromatic N) is 4. The van der Waals surface area contributed by atoms with Gasteiger partial charge in [0, 0.05) is 24.8 Å². The Labute approximate surface area is 179 Å². The van der Waals surface area contributed by atoms with Crippen LogP contribution < -0.4 is 4.90 Å². The Balaban J connectivity index is 1.42. The van der Waals surface area contributed by atoms with E-state index in [0.29, 0.717) is 30.4 Å². The van der Waals surface area contributed by atoms with Gasteiger partial charge in [0.2, 0.25) is 15.9 Å². The van der Waals surface area contributed by atoms with Crippen LogP contribution in [0.5, 0.6) is 0 Å². The lowest BCUT2D eigenvalue weighted by Crippen LogP contribution is -2.48. The molecule has 3 heterocycles. The molecule has 1 saturated heterocycles. The van der Waals surface area contributed by atoms with Crippen LogP contribution in [-0.2, 0) is 21.2 Å². The summed E-state index contributed by atoms with van der Waals surface area (Å²) in [6.07, 6.45) is 2.18. The molecule has 1 aromatic heterocycles. The lowest BCUT2D eigenvalue weighted by Gasteiger charge is -2.34. The van der Waals surface area contributed by atoms with Gasteiger partial charge in [-0.05, 0) is 49.9 Å². The Bertz CT molecular complexity index is 1220. The van der Waals surface area contributed by atoms with Gasteiger partial charge in [-0.15, -0.1) is 0 Å². The van der Waals surface area contributed by atoms with Crippen molar-refractivity contribution in [3.8, 4) is 0 Å². The minimum atomic E-state index is -3.76. The predicted molar refractivity (Wildman–Crippen MR) is 116 cm³/mol. The summed E-state index contributed by atoms with van der Waals surface area (Å²) in [5.41, 5.74) is 3.10. The number of rotatable bonds is 3. The Morgan fingerprint density at radius 2 is 1.97 bits per heavy atom. The van der Waals surface area contributed by atoms with Crippen molar-refractivity contribution in [3.63, 3.8) is 0 Å². The van der Waals surface area contributed by atoms with Gasteiger partial charge in [0.05, 0.1) is 17.6 Å². The molecule has 1 fully saturated rings. The molecular formula is C21H22N4O3S2. The van der Waals surface area contributed by atoms with Crippen LogP contribution >= 0.6 is 11.7 Å². The molecule has 0 N–H and O–H groups in total. The first-order chi connectivity index (χ1) is 14.5. The lowest BCUT2D eigenvalue weighted by atomic mass is 9.97. The average molecular weight is 443 g/mol. The van der Waals surface area contributed by atoms with Gasteiger partial charge in [-0.3, -0.25) is 4.79 Å². The van der Waals surface area contributed by atoms with Crippen molar-refractivity contribution in [1.29, 1.82) is 0 Å². The molecule has 3 aromatic rings. The van der Waals surface area contributed by atoms with Gasteiger partial charge in [0.15, 0.2) is 0 Å². The van der Waals surface area contributed by atoms with E-state index < -0.39 is 10.0 Å². The summed E-state index contributed by atoms with van der Waals surface area (Å²) in [5.74, 6) is -0.337. The quantitative estimate of drug-likeness (QED) is 0.623. The second-order valence-electron chi connectivity index (χ2n) is 7.98. The van der Waals surface area contributed by atoms with Gasteiger partial charge in [-0.2, -0.15) is 13.1 Å². The van der Waals surface area contributed by atoms with Crippen molar-refractivity contribution in [2.24, 2.45) is 5.92 Å². The molecule has 2 aliphatic rings. The normalized spacial score (nSPS) is 22.4. The first-order valence-electron chi connectivity index (χ1n) is 10.1. The van der Waals surface area contributed by atoms with Crippen molar-refractivity contribution < 1.29 is 13.2 Å². The number of aromatic nitrogens is 2. The summed E-state index contributed by atoms with van der Waals surface area (Å²) >= 11 is 1.00. The highest BCUT2D eigenvalue weighted by Gasteiger charge is 2.39. The van der Waals surface area contributed by atoms with E-state index in [4.69, 9.17) is 0 Å². The maximum Gasteiger partial charge on any atom is 0.245 e. The fraction of sp³-hybridized carbons (Fsp3) is 0.381. The van der Waals surface area contributed by atoms with Crippen LogP contribution in [0.2, 0.25) is 0 Å². The van der Waals surface area contributed by atoms with E-state index in [-0.39, 0.29) is 29.3 Å². The monoisotopic (exact) mass is 442 g/mol. The number of carbonyl (C=O) groups excluding carboxylic acids is 1. The van der Waals surface area contributed by atoms with Crippen LogP contribution in [0.15, 0.2) is 47.4 Å². The molecule has 0 spiro atoms. The minimum absolute atomic E-state index is 0.0147. The zero-order valence-corrected chi connectivity index (χ0v) is 18.2. The number of para-hydroxylation sites is 1. The van der Waals surface area contributed by atoms with Crippen molar-refractivity contribution in [1.82, 2.24) is 13.1 Å². The molecule has 5 rings (SSSR count). The highest BCUT2D eigenvalue weighted by molar-refractivity contribution is 7.89. The highest BCUT2D eigenvalue weighted by atomic mass is 32.2. The molecule has 0 aliphatic carbocycles. The van der Waals surface area contributed by atoms with Crippen molar-refractivity contribution in [2.45, 2.75) is 37.1 Å². The third-order valence-electron chi connectivity index (χ3n) is 6.04. The lowest BCUT2D eigenvalue weighted by molar-refractivity contribution is -0.123. The molecule has 2 atom stereocenters. The van der Waals surface area contributed by atoms with Gasteiger partial charge in [-0.25, -0.2) is 8.42 Å². The summed E-state index contributed by atoms with van der Waals surface area (Å²) in [6.45, 7) is 2.65. The van der Waals surface area contributed by atoms with Crippen molar-refractivity contribution >= 4 is 44.4 Å². The zero-order chi connectivity index (χ0) is 20.9. The smallest absolute Gasteiger partial charge is 0.245 e.